The minimum absolute atomic E-state index is 0.0714. The molecule has 1 amide bonds. The fourth-order valence-corrected chi connectivity index (χ4v) is 2.52. The van der Waals surface area contributed by atoms with Gasteiger partial charge in [-0.3, -0.25) is 4.79 Å². The van der Waals surface area contributed by atoms with Crippen molar-refractivity contribution in [3.8, 4) is 0 Å². The fraction of sp³-hybridized carbons (Fsp3) is 0.917. The van der Waals surface area contributed by atoms with Gasteiger partial charge in [-0.25, -0.2) is 0 Å². The molecule has 5 nitrogen and oxygen atoms in total. The lowest BCUT2D eigenvalue weighted by atomic mass is 9.85. The first-order chi connectivity index (χ1) is 8.00. The quantitative estimate of drug-likeness (QED) is 0.679. The molecule has 0 aromatic rings. The van der Waals surface area contributed by atoms with Crippen LogP contribution in [-0.4, -0.2) is 37.9 Å². The predicted molar refractivity (Wildman–Crippen MR) is 65.4 cm³/mol. The van der Waals surface area contributed by atoms with E-state index in [2.05, 4.69) is 0 Å². The third-order valence-corrected chi connectivity index (χ3v) is 3.60. The first-order valence-electron chi connectivity index (χ1n) is 6.20. The minimum atomic E-state index is -0.826. The monoisotopic (exact) mass is 244 g/mol. The van der Waals surface area contributed by atoms with Crippen LogP contribution in [0.25, 0.3) is 0 Å². The van der Waals surface area contributed by atoms with Crippen LogP contribution in [0.1, 0.15) is 32.6 Å². The fourth-order valence-electron chi connectivity index (χ4n) is 2.52. The predicted octanol–water partition coefficient (Wildman–Crippen LogP) is 0.411. The number of rotatable bonds is 7. The average molecular weight is 244 g/mol. The molecule has 1 saturated carbocycles. The molecule has 17 heavy (non-hydrogen) atoms. The van der Waals surface area contributed by atoms with Gasteiger partial charge < -0.3 is 20.9 Å². The van der Waals surface area contributed by atoms with Gasteiger partial charge in [-0.15, -0.1) is 0 Å². The third kappa shape index (κ3) is 3.66. The normalized spacial score (nSPS) is 30.4. The molecular weight excluding hydrogens is 220 g/mol. The van der Waals surface area contributed by atoms with Crippen LogP contribution in [0.5, 0.6) is 0 Å². The van der Waals surface area contributed by atoms with E-state index in [1.54, 1.807) is 7.11 Å². The first kappa shape index (κ1) is 14.4. The Morgan fingerprint density at radius 1 is 1.59 bits per heavy atom. The van der Waals surface area contributed by atoms with Gasteiger partial charge in [0.1, 0.15) is 0 Å². The van der Waals surface area contributed by atoms with E-state index in [1.807, 2.05) is 6.92 Å². The van der Waals surface area contributed by atoms with Gasteiger partial charge in [0.25, 0.3) is 0 Å². The lowest BCUT2D eigenvalue weighted by Crippen LogP contribution is -2.54. The highest BCUT2D eigenvalue weighted by Crippen LogP contribution is 2.35. The van der Waals surface area contributed by atoms with Crippen LogP contribution in [0.2, 0.25) is 0 Å². The number of carbonyl (C=O) groups is 1. The lowest BCUT2D eigenvalue weighted by Gasteiger charge is -2.28. The van der Waals surface area contributed by atoms with Crippen LogP contribution >= 0.6 is 0 Å². The van der Waals surface area contributed by atoms with Gasteiger partial charge in [0.05, 0.1) is 18.2 Å². The summed E-state index contributed by atoms with van der Waals surface area (Å²) in [7, 11) is 1.65. The van der Waals surface area contributed by atoms with Crippen molar-refractivity contribution < 1.29 is 14.3 Å². The summed E-state index contributed by atoms with van der Waals surface area (Å²) in [5.74, 6) is -0.236. The van der Waals surface area contributed by atoms with Crippen molar-refractivity contribution in [2.24, 2.45) is 17.4 Å². The summed E-state index contributed by atoms with van der Waals surface area (Å²) in [6.45, 7) is 3.14. The molecule has 3 unspecified atom stereocenters. The van der Waals surface area contributed by atoms with E-state index in [0.29, 0.717) is 19.6 Å². The smallest absolute Gasteiger partial charge is 0.237 e. The highest BCUT2D eigenvalue weighted by molar-refractivity contribution is 5.85. The number of amides is 1. The number of carbonyl (C=O) groups excluding carboxylic acids is 1. The van der Waals surface area contributed by atoms with Crippen molar-refractivity contribution in [3.05, 3.63) is 0 Å². The zero-order valence-electron chi connectivity index (χ0n) is 10.8. The van der Waals surface area contributed by atoms with Gasteiger partial charge in [-0.1, -0.05) is 6.42 Å². The Labute approximate surface area is 103 Å². The van der Waals surface area contributed by atoms with Crippen molar-refractivity contribution in [1.82, 2.24) is 0 Å². The summed E-state index contributed by atoms with van der Waals surface area (Å²) in [4.78, 5) is 11.4. The van der Waals surface area contributed by atoms with Crippen molar-refractivity contribution >= 4 is 5.91 Å². The van der Waals surface area contributed by atoms with Gasteiger partial charge in [-0.05, 0) is 32.1 Å². The SMILES string of the molecule is COCC(C)OCCC1CCCC1(N)C(N)=O. The van der Waals surface area contributed by atoms with Crippen LogP contribution in [0.3, 0.4) is 0 Å². The maximum absolute atomic E-state index is 11.4. The molecule has 0 bridgehead atoms. The van der Waals surface area contributed by atoms with Crippen LogP contribution in [0.4, 0.5) is 0 Å². The molecule has 0 aromatic carbocycles. The van der Waals surface area contributed by atoms with Crippen molar-refractivity contribution in [3.63, 3.8) is 0 Å². The second-order valence-electron chi connectivity index (χ2n) is 4.92. The summed E-state index contributed by atoms with van der Waals surface area (Å²) in [5.41, 5.74) is 10.6. The van der Waals surface area contributed by atoms with Gasteiger partial charge in [0.2, 0.25) is 5.91 Å². The Morgan fingerprint density at radius 3 is 2.88 bits per heavy atom. The van der Waals surface area contributed by atoms with E-state index in [-0.39, 0.29) is 17.9 Å². The Bertz CT molecular complexity index is 260. The van der Waals surface area contributed by atoms with E-state index in [0.717, 1.165) is 19.3 Å². The number of hydrogen-bond acceptors (Lipinski definition) is 4. The molecule has 0 radical (unpaired) electrons. The number of ether oxygens (including phenoxy) is 2. The molecule has 0 saturated heterocycles. The number of primary amides is 1. The Hall–Kier alpha value is -0.650. The summed E-state index contributed by atoms with van der Waals surface area (Å²) in [5, 5.41) is 0. The lowest BCUT2D eigenvalue weighted by molar-refractivity contribution is -0.124. The van der Waals surface area contributed by atoms with Gasteiger partial charge in [-0.2, -0.15) is 0 Å². The molecule has 1 aliphatic rings. The van der Waals surface area contributed by atoms with Crippen LogP contribution < -0.4 is 11.5 Å². The van der Waals surface area contributed by atoms with E-state index in [9.17, 15) is 4.79 Å². The van der Waals surface area contributed by atoms with Crippen molar-refractivity contribution in [1.29, 1.82) is 0 Å². The van der Waals surface area contributed by atoms with E-state index in [4.69, 9.17) is 20.9 Å². The van der Waals surface area contributed by atoms with E-state index >= 15 is 0 Å². The molecule has 0 aliphatic heterocycles. The second kappa shape index (κ2) is 6.33. The molecule has 1 fully saturated rings. The van der Waals surface area contributed by atoms with Crippen LogP contribution in [0, 0.1) is 5.92 Å². The largest absolute Gasteiger partial charge is 0.382 e. The molecule has 0 spiro atoms. The van der Waals surface area contributed by atoms with Crippen LogP contribution in [-0.2, 0) is 14.3 Å². The zero-order valence-corrected chi connectivity index (χ0v) is 10.8. The molecular formula is C12H24N2O3. The zero-order chi connectivity index (χ0) is 12.9. The Morgan fingerprint density at radius 2 is 2.29 bits per heavy atom. The average Bonchev–Trinajstić information content (AvgIpc) is 2.62. The maximum Gasteiger partial charge on any atom is 0.237 e. The standard InChI is InChI=1S/C12H24N2O3/c1-9(8-16-2)17-7-5-10-4-3-6-12(10,14)11(13)15/h9-10H,3-8,14H2,1-2H3,(H2,13,15). The van der Waals surface area contributed by atoms with Crippen molar-refractivity contribution in [2.45, 2.75) is 44.2 Å². The molecule has 1 rings (SSSR count). The van der Waals surface area contributed by atoms with Gasteiger partial charge >= 0.3 is 0 Å². The summed E-state index contributed by atoms with van der Waals surface area (Å²) >= 11 is 0. The summed E-state index contributed by atoms with van der Waals surface area (Å²) in [6, 6.07) is 0. The first-order valence-corrected chi connectivity index (χ1v) is 6.20. The maximum atomic E-state index is 11.4. The van der Waals surface area contributed by atoms with Gasteiger partial charge in [0, 0.05) is 13.7 Å². The van der Waals surface area contributed by atoms with Gasteiger partial charge in [0.15, 0.2) is 0 Å². The summed E-state index contributed by atoms with van der Waals surface area (Å²) < 4.78 is 10.6. The van der Waals surface area contributed by atoms with E-state index < -0.39 is 5.54 Å². The Kier molecular flexibility index (Phi) is 5.36. The van der Waals surface area contributed by atoms with E-state index in [1.165, 1.54) is 0 Å². The van der Waals surface area contributed by atoms with Crippen LogP contribution in [0.15, 0.2) is 0 Å². The molecule has 0 aromatic heterocycles. The number of methoxy groups -OCH3 is 1. The summed E-state index contributed by atoms with van der Waals surface area (Å²) in [6.07, 6.45) is 3.48. The van der Waals surface area contributed by atoms with Crippen molar-refractivity contribution in [2.75, 3.05) is 20.3 Å². The molecule has 1 aliphatic carbocycles. The molecule has 0 heterocycles. The molecule has 5 heteroatoms. The highest BCUT2D eigenvalue weighted by atomic mass is 16.5. The minimum Gasteiger partial charge on any atom is -0.382 e. The number of nitrogens with two attached hydrogens (primary N) is 2. The second-order valence-corrected chi connectivity index (χ2v) is 4.92. The molecule has 4 N–H and O–H groups in total. The highest BCUT2D eigenvalue weighted by Gasteiger charge is 2.43. The molecule has 3 atom stereocenters. The topological polar surface area (TPSA) is 87.6 Å². The third-order valence-electron chi connectivity index (χ3n) is 3.60. The molecule has 100 valence electrons. The Balaban J connectivity index is 2.34. The number of hydrogen-bond donors (Lipinski definition) is 2.